The van der Waals surface area contributed by atoms with E-state index < -0.39 is 0 Å². The lowest BCUT2D eigenvalue weighted by atomic mass is 9.86. The number of hydrogen-bond donors (Lipinski definition) is 1. The molecule has 3 rings (SSSR count). The molecule has 0 aromatic heterocycles. The van der Waals surface area contributed by atoms with E-state index in [1.807, 2.05) is 0 Å². The second-order valence-electron chi connectivity index (χ2n) is 8.07. The van der Waals surface area contributed by atoms with Crippen LogP contribution in [0.4, 0.5) is 0 Å². The molecule has 0 unspecified atom stereocenters. The van der Waals surface area contributed by atoms with Gasteiger partial charge in [-0.3, -0.25) is 4.90 Å². The summed E-state index contributed by atoms with van der Waals surface area (Å²) in [6.07, 6.45) is 5.54. The Morgan fingerprint density at radius 1 is 1.10 bits per heavy atom. The molecule has 1 spiro atoms. The average molecular weight is 286 g/mol. The third-order valence-corrected chi connectivity index (χ3v) is 5.24. The molecule has 1 N–H and O–H groups in total. The van der Waals surface area contributed by atoms with E-state index in [4.69, 9.17) is 0 Å². The molecule has 21 heavy (non-hydrogen) atoms. The molecule has 0 bridgehead atoms. The van der Waals surface area contributed by atoms with Crippen LogP contribution in [0.5, 0.6) is 0 Å². The number of hydrogen-bond acceptors (Lipinski definition) is 2. The second-order valence-corrected chi connectivity index (χ2v) is 8.07. The smallest absolute Gasteiger partial charge is 0.0309 e. The molecule has 0 atom stereocenters. The van der Waals surface area contributed by atoms with Crippen LogP contribution in [-0.4, -0.2) is 30.1 Å². The molecule has 2 nitrogen and oxygen atoms in total. The van der Waals surface area contributed by atoms with E-state index in [2.05, 4.69) is 55.3 Å². The summed E-state index contributed by atoms with van der Waals surface area (Å²) in [6, 6.07) is 9.26. The molecule has 2 heteroatoms. The van der Waals surface area contributed by atoms with Crippen LogP contribution in [0.3, 0.4) is 0 Å². The van der Waals surface area contributed by atoms with Gasteiger partial charge in [-0.25, -0.2) is 0 Å². The van der Waals surface area contributed by atoms with Crippen molar-refractivity contribution in [2.24, 2.45) is 0 Å². The van der Waals surface area contributed by atoms with Gasteiger partial charge in [0.1, 0.15) is 0 Å². The van der Waals surface area contributed by atoms with E-state index in [1.165, 1.54) is 49.9 Å². The number of nitrogens with zero attached hydrogens (tertiary/aromatic N) is 1. The third kappa shape index (κ3) is 3.49. The predicted octanol–water partition coefficient (Wildman–Crippen LogP) is 3.70. The van der Waals surface area contributed by atoms with Crippen LogP contribution >= 0.6 is 0 Å². The Labute approximate surface area is 129 Å². The zero-order chi connectivity index (χ0) is 14.9. The summed E-state index contributed by atoms with van der Waals surface area (Å²) in [5, 5.41) is 3.80. The summed E-state index contributed by atoms with van der Waals surface area (Å²) in [7, 11) is 0. The largest absolute Gasteiger partial charge is 0.309 e. The lowest BCUT2D eigenvalue weighted by molar-refractivity contribution is 0.129. The monoisotopic (exact) mass is 286 g/mol. The van der Waals surface area contributed by atoms with Crippen LogP contribution < -0.4 is 5.32 Å². The van der Waals surface area contributed by atoms with Crippen LogP contribution in [-0.2, 0) is 12.0 Å². The lowest BCUT2D eigenvalue weighted by Crippen LogP contribution is -2.58. The van der Waals surface area contributed by atoms with Gasteiger partial charge in [0.2, 0.25) is 0 Å². The van der Waals surface area contributed by atoms with Gasteiger partial charge in [-0.05, 0) is 29.4 Å². The Morgan fingerprint density at radius 3 is 2.38 bits per heavy atom. The van der Waals surface area contributed by atoms with Crippen molar-refractivity contribution in [3.05, 3.63) is 35.4 Å². The highest BCUT2D eigenvalue weighted by molar-refractivity contribution is 5.27. The van der Waals surface area contributed by atoms with E-state index in [-0.39, 0.29) is 5.41 Å². The first-order chi connectivity index (χ1) is 9.97. The van der Waals surface area contributed by atoms with Crippen LogP contribution in [0.2, 0.25) is 0 Å². The predicted molar refractivity (Wildman–Crippen MR) is 89.6 cm³/mol. The maximum atomic E-state index is 3.80. The quantitative estimate of drug-likeness (QED) is 0.892. The van der Waals surface area contributed by atoms with Gasteiger partial charge >= 0.3 is 0 Å². The number of benzene rings is 1. The van der Waals surface area contributed by atoms with Gasteiger partial charge in [-0.2, -0.15) is 0 Å². The molecule has 0 amide bonds. The Kier molecular flexibility index (Phi) is 4.11. The van der Waals surface area contributed by atoms with Gasteiger partial charge < -0.3 is 5.32 Å². The maximum Gasteiger partial charge on any atom is 0.0309 e. The Hall–Kier alpha value is -0.860. The van der Waals surface area contributed by atoms with Crippen molar-refractivity contribution in [1.29, 1.82) is 0 Å². The number of nitrogens with one attached hydrogen (secondary N) is 1. The molecule has 1 heterocycles. The van der Waals surface area contributed by atoms with Crippen molar-refractivity contribution in [1.82, 2.24) is 10.2 Å². The molecular formula is C19H30N2. The Bertz CT molecular complexity index is 463. The molecule has 1 saturated carbocycles. The minimum absolute atomic E-state index is 0.251. The fraction of sp³-hybridized carbons (Fsp3) is 0.684. The summed E-state index contributed by atoms with van der Waals surface area (Å²) in [5.74, 6) is 0. The van der Waals surface area contributed by atoms with Crippen molar-refractivity contribution >= 4 is 0 Å². The average Bonchev–Trinajstić information content (AvgIpc) is 2.86. The first-order valence-corrected chi connectivity index (χ1v) is 8.54. The van der Waals surface area contributed by atoms with Gasteiger partial charge in [-0.15, -0.1) is 0 Å². The zero-order valence-corrected chi connectivity index (χ0v) is 13.9. The van der Waals surface area contributed by atoms with E-state index in [1.54, 1.807) is 0 Å². The van der Waals surface area contributed by atoms with Crippen LogP contribution in [0, 0.1) is 0 Å². The van der Waals surface area contributed by atoms with E-state index in [0.717, 1.165) is 13.1 Å². The fourth-order valence-corrected chi connectivity index (χ4v) is 3.93. The van der Waals surface area contributed by atoms with Crippen molar-refractivity contribution in [3.8, 4) is 0 Å². The van der Waals surface area contributed by atoms with Gasteiger partial charge in [0.05, 0.1) is 0 Å². The molecule has 1 saturated heterocycles. The molecule has 0 radical (unpaired) electrons. The van der Waals surface area contributed by atoms with Crippen molar-refractivity contribution < 1.29 is 0 Å². The van der Waals surface area contributed by atoms with E-state index in [9.17, 15) is 0 Å². The summed E-state index contributed by atoms with van der Waals surface area (Å²) in [5.41, 5.74) is 3.57. The second kappa shape index (κ2) is 5.73. The number of piperazine rings is 1. The molecule has 1 aromatic carbocycles. The lowest BCUT2D eigenvalue weighted by Gasteiger charge is -2.41. The summed E-state index contributed by atoms with van der Waals surface area (Å²) < 4.78 is 0. The molecule has 2 fully saturated rings. The minimum atomic E-state index is 0.251. The summed E-state index contributed by atoms with van der Waals surface area (Å²) in [6.45, 7) is 11.5. The maximum absolute atomic E-state index is 3.80. The Morgan fingerprint density at radius 2 is 1.76 bits per heavy atom. The summed E-state index contributed by atoms with van der Waals surface area (Å²) >= 11 is 0. The third-order valence-electron chi connectivity index (χ3n) is 5.24. The summed E-state index contributed by atoms with van der Waals surface area (Å²) in [4.78, 5) is 2.65. The SMILES string of the molecule is CC(C)(C)c1ccc(CN2CCNC3(CCCC3)C2)cc1. The standard InChI is InChI=1S/C19H30N2/c1-18(2,3)17-8-6-16(7-9-17)14-21-13-12-20-19(15-21)10-4-5-11-19/h6-9,20H,4-5,10-15H2,1-3H3. The number of rotatable bonds is 2. The first-order valence-electron chi connectivity index (χ1n) is 8.54. The van der Waals surface area contributed by atoms with Gasteiger partial charge in [0.15, 0.2) is 0 Å². The van der Waals surface area contributed by atoms with Crippen LogP contribution in [0.15, 0.2) is 24.3 Å². The molecular weight excluding hydrogens is 256 g/mol. The van der Waals surface area contributed by atoms with Crippen molar-refractivity contribution in [2.75, 3.05) is 19.6 Å². The topological polar surface area (TPSA) is 15.3 Å². The van der Waals surface area contributed by atoms with E-state index >= 15 is 0 Å². The highest BCUT2D eigenvalue weighted by Gasteiger charge is 2.37. The minimum Gasteiger partial charge on any atom is -0.309 e. The highest BCUT2D eigenvalue weighted by atomic mass is 15.2. The first kappa shape index (κ1) is 15.1. The molecule has 1 aliphatic carbocycles. The Balaban J connectivity index is 1.63. The molecule has 1 aliphatic heterocycles. The fourth-order valence-electron chi connectivity index (χ4n) is 3.93. The molecule has 2 aliphatic rings. The van der Waals surface area contributed by atoms with Crippen LogP contribution in [0.1, 0.15) is 57.6 Å². The van der Waals surface area contributed by atoms with Gasteiger partial charge in [-0.1, -0.05) is 57.9 Å². The van der Waals surface area contributed by atoms with Gasteiger partial charge in [0.25, 0.3) is 0 Å². The van der Waals surface area contributed by atoms with Crippen molar-refractivity contribution in [2.45, 2.75) is 64.0 Å². The van der Waals surface area contributed by atoms with Crippen molar-refractivity contribution in [3.63, 3.8) is 0 Å². The van der Waals surface area contributed by atoms with E-state index in [0.29, 0.717) is 5.54 Å². The zero-order valence-electron chi connectivity index (χ0n) is 13.9. The molecule has 1 aromatic rings. The molecule has 116 valence electrons. The van der Waals surface area contributed by atoms with Gasteiger partial charge in [0, 0.05) is 31.7 Å². The van der Waals surface area contributed by atoms with Crippen LogP contribution in [0.25, 0.3) is 0 Å². The normalized spacial score (nSPS) is 22.8. The highest BCUT2D eigenvalue weighted by Crippen LogP contribution is 2.32.